The van der Waals surface area contributed by atoms with Crippen molar-refractivity contribution in [1.82, 2.24) is 10.2 Å². The Balaban J connectivity index is 1.32. The minimum absolute atomic E-state index is 0.321. The summed E-state index contributed by atoms with van der Waals surface area (Å²) in [5.74, 6) is 2.47. The Morgan fingerprint density at radius 1 is 1.17 bits per heavy atom. The molecule has 0 aromatic carbocycles. The van der Waals surface area contributed by atoms with Gasteiger partial charge in [0.15, 0.2) is 0 Å². The molecule has 0 radical (unpaired) electrons. The molecular weight excluding hydrogens is 224 g/mol. The molecule has 3 nitrogen and oxygen atoms in total. The van der Waals surface area contributed by atoms with Crippen LogP contribution < -0.4 is 5.32 Å². The van der Waals surface area contributed by atoms with Crippen LogP contribution in [0.1, 0.15) is 44.9 Å². The fourth-order valence-corrected chi connectivity index (χ4v) is 3.96. The molecule has 102 valence electrons. The Morgan fingerprint density at radius 3 is 2.50 bits per heavy atom. The smallest absolute Gasteiger partial charge is 0.223 e. The van der Waals surface area contributed by atoms with Crippen LogP contribution in [0.5, 0.6) is 0 Å². The zero-order chi connectivity index (χ0) is 12.5. The molecule has 0 heterocycles. The van der Waals surface area contributed by atoms with Crippen molar-refractivity contribution < 1.29 is 4.79 Å². The van der Waals surface area contributed by atoms with Gasteiger partial charge < -0.3 is 10.2 Å². The summed E-state index contributed by atoms with van der Waals surface area (Å²) in [6.07, 6.45) is 9.17. The molecule has 0 aliphatic heterocycles. The molecule has 3 aliphatic carbocycles. The van der Waals surface area contributed by atoms with Crippen molar-refractivity contribution >= 4 is 5.91 Å². The second kappa shape index (κ2) is 5.20. The Morgan fingerprint density at radius 2 is 1.83 bits per heavy atom. The molecule has 3 saturated carbocycles. The van der Waals surface area contributed by atoms with E-state index in [-0.39, 0.29) is 0 Å². The Hall–Kier alpha value is -0.570. The molecule has 0 aromatic rings. The summed E-state index contributed by atoms with van der Waals surface area (Å²) in [6, 6.07) is 0.765. The number of nitrogens with one attached hydrogen (secondary N) is 1. The van der Waals surface area contributed by atoms with Crippen LogP contribution in [0, 0.1) is 17.8 Å². The monoisotopic (exact) mass is 250 g/mol. The standard InChI is InChI=1S/C15H26N2O/c1-17(14-4-2-3-5-14)7-6-16-15(18)13-9-11-8-12(11)10-13/h11-14H,2-10H2,1H3,(H,16,18). The van der Waals surface area contributed by atoms with Crippen molar-refractivity contribution in [3.05, 3.63) is 0 Å². The van der Waals surface area contributed by atoms with Crippen LogP contribution in [0.25, 0.3) is 0 Å². The molecule has 3 fully saturated rings. The molecule has 2 atom stereocenters. The lowest BCUT2D eigenvalue weighted by atomic mass is 10.0. The minimum atomic E-state index is 0.321. The second-order valence-electron chi connectivity index (χ2n) is 6.63. The summed E-state index contributed by atoms with van der Waals surface area (Å²) < 4.78 is 0. The first-order chi connectivity index (χ1) is 8.74. The van der Waals surface area contributed by atoms with E-state index in [1.165, 1.54) is 32.1 Å². The van der Waals surface area contributed by atoms with Crippen molar-refractivity contribution in [2.45, 2.75) is 51.0 Å². The lowest BCUT2D eigenvalue weighted by molar-refractivity contribution is -0.125. The van der Waals surface area contributed by atoms with Gasteiger partial charge in [-0.25, -0.2) is 0 Å². The maximum Gasteiger partial charge on any atom is 0.223 e. The lowest BCUT2D eigenvalue weighted by Gasteiger charge is -2.24. The Labute approximate surface area is 110 Å². The van der Waals surface area contributed by atoms with Crippen molar-refractivity contribution in [2.24, 2.45) is 17.8 Å². The van der Waals surface area contributed by atoms with Gasteiger partial charge in [-0.3, -0.25) is 4.79 Å². The Kier molecular flexibility index (Phi) is 3.60. The van der Waals surface area contributed by atoms with Gasteiger partial charge in [-0.05, 0) is 51.0 Å². The zero-order valence-electron chi connectivity index (χ0n) is 11.5. The third-order valence-electron chi connectivity index (χ3n) is 5.33. The van der Waals surface area contributed by atoms with Crippen LogP contribution in [-0.4, -0.2) is 37.0 Å². The molecule has 18 heavy (non-hydrogen) atoms. The van der Waals surface area contributed by atoms with Gasteiger partial charge in [-0.1, -0.05) is 12.8 Å². The average molecular weight is 250 g/mol. The number of fused-ring (bicyclic) bond motifs is 1. The largest absolute Gasteiger partial charge is 0.355 e. The highest BCUT2D eigenvalue weighted by Crippen LogP contribution is 2.54. The molecule has 0 saturated heterocycles. The van der Waals surface area contributed by atoms with E-state index in [1.807, 2.05) is 0 Å². The Bertz CT molecular complexity index is 302. The van der Waals surface area contributed by atoms with E-state index in [2.05, 4.69) is 17.3 Å². The number of hydrogen-bond acceptors (Lipinski definition) is 2. The molecule has 3 aliphatic rings. The molecular formula is C15H26N2O. The van der Waals surface area contributed by atoms with Crippen LogP contribution >= 0.6 is 0 Å². The summed E-state index contributed by atoms with van der Waals surface area (Å²) in [5, 5.41) is 3.14. The summed E-state index contributed by atoms with van der Waals surface area (Å²) in [6.45, 7) is 1.84. The summed E-state index contributed by atoms with van der Waals surface area (Å²) >= 11 is 0. The van der Waals surface area contributed by atoms with Gasteiger partial charge in [0.25, 0.3) is 0 Å². The van der Waals surface area contributed by atoms with Crippen LogP contribution in [0.4, 0.5) is 0 Å². The molecule has 1 N–H and O–H groups in total. The van der Waals surface area contributed by atoms with E-state index in [0.29, 0.717) is 11.8 Å². The number of nitrogens with zero attached hydrogens (tertiary/aromatic N) is 1. The average Bonchev–Trinajstić information content (AvgIpc) is 2.86. The van der Waals surface area contributed by atoms with Gasteiger partial charge in [0, 0.05) is 25.0 Å². The summed E-state index contributed by atoms with van der Waals surface area (Å²) in [7, 11) is 2.20. The summed E-state index contributed by atoms with van der Waals surface area (Å²) in [5.41, 5.74) is 0. The molecule has 3 rings (SSSR count). The fraction of sp³-hybridized carbons (Fsp3) is 0.933. The first kappa shape index (κ1) is 12.5. The third-order valence-corrected chi connectivity index (χ3v) is 5.33. The molecule has 2 unspecified atom stereocenters. The SMILES string of the molecule is CN(CCNC(=O)C1CC2CC2C1)C1CCCC1. The lowest BCUT2D eigenvalue weighted by Crippen LogP contribution is -2.39. The van der Waals surface area contributed by atoms with E-state index < -0.39 is 0 Å². The van der Waals surface area contributed by atoms with Gasteiger partial charge in [0.1, 0.15) is 0 Å². The topological polar surface area (TPSA) is 32.3 Å². The highest BCUT2D eigenvalue weighted by Gasteiger charge is 2.47. The van der Waals surface area contributed by atoms with Gasteiger partial charge in [-0.2, -0.15) is 0 Å². The molecule has 0 bridgehead atoms. The molecule has 0 aromatic heterocycles. The first-order valence-electron chi connectivity index (χ1n) is 7.72. The second-order valence-corrected chi connectivity index (χ2v) is 6.63. The fourth-order valence-electron chi connectivity index (χ4n) is 3.96. The normalized spacial score (nSPS) is 34.9. The quantitative estimate of drug-likeness (QED) is 0.809. The number of rotatable bonds is 5. The third kappa shape index (κ3) is 2.71. The predicted molar refractivity (Wildman–Crippen MR) is 72.2 cm³/mol. The van der Waals surface area contributed by atoms with Crippen LogP contribution in [0.3, 0.4) is 0 Å². The van der Waals surface area contributed by atoms with Crippen LogP contribution in [-0.2, 0) is 4.79 Å². The molecule has 1 amide bonds. The maximum atomic E-state index is 12.0. The van der Waals surface area contributed by atoms with Crippen molar-refractivity contribution in [2.75, 3.05) is 20.1 Å². The van der Waals surface area contributed by atoms with E-state index >= 15 is 0 Å². The number of hydrogen-bond donors (Lipinski definition) is 1. The van der Waals surface area contributed by atoms with Crippen LogP contribution in [0.2, 0.25) is 0 Å². The van der Waals surface area contributed by atoms with E-state index in [1.54, 1.807) is 0 Å². The van der Waals surface area contributed by atoms with Gasteiger partial charge in [0.05, 0.1) is 0 Å². The van der Waals surface area contributed by atoms with Gasteiger partial charge in [0.2, 0.25) is 5.91 Å². The predicted octanol–water partition coefficient (Wildman–Crippen LogP) is 2.02. The summed E-state index contributed by atoms with van der Waals surface area (Å²) in [4.78, 5) is 14.4. The van der Waals surface area contributed by atoms with E-state index in [4.69, 9.17) is 0 Å². The van der Waals surface area contributed by atoms with E-state index in [0.717, 1.165) is 43.8 Å². The zero-order valence-corrected chi connectivity index (χ0v) is 11.5. The number of amides is 1. The van der Waals surface area contributed by atoms with Crippen molar-refractivity contribution in [1.29, 1.82) is 0 Å². The van der Waals surface area contributed by atoms with Crippen molar-refractivity contribution in [3.8, 4) is 0 Å². The first-order valence-corrected chi connectivity index (χ1v) is 7.72. The van der Waals surface area contributed by atoms with Crippen molar-refractivity contribution in [3.63, 3.8) is 0 Å². The van der Waals surface area contributed by atoms with E-state index in [9.17, 15) is 4.79 Å². The van der Waals surface area contributed by atoms with Crippen LogP contribution in [0.15, 0.2) is 0 Å². The molecule has 0 spiro atoms. The minimum Gasteiger partial charge on any atom is -0.355 e. The van der Waals surface area contributed by atoms with Gasteiger partial charge >= 0.3 is 0 Å². The number of carbonyl (C=O) groups is 1. The van der Waals surface area contributed by atoms with Gasteiger partial charge in [-0.15, -0.1) is 0 Å². The highest BCUT2D eigenvalue weighted by molar-refractivity contribution is 5.79. The highest BCUT2D eigenvalue weighted by atomic mass is 16.1. The number of likely N-dealkylation sites (N-methyl/N-ethyl adjacent to an activating group) is 1. The molecule has 3 heteroatoms. The maximum absolute atomic E-state index is 12.0. The number of carbonyl (C=O) groups excluding carboxylic acids is 1.